The van der Waals surface area contributed by atoms with Crippen LogP contribution >= 0.6 is 11.8 Å². The largest absolute Gasteiger partial charge is 0.491 e. The van der Waals surface area contributed by atoms with Crippen molar-refractivity contribution in [3.63, 3.8) is 0 Å². The molecule has 0 aliphatic carbocycles. The van der Waals surface area contributed by atoms with Crippen LogP contribution in [0.15, 0.2) is 52.2 Å². The van der Waals surface area contributed by atoms with E-state index in [1.807, 2.05) is 16.7 Å². The molecule has 1 aliphatic rings. The molecule has 3 aromatic rings. The van der Waals surface area contributed by atoms with E-state index in [1.54, 1.807) is 30.5 Å². The normalized spacial score (nSPS) is 14.6. The molecular weight excluding hydrogens is 402 g/mol. The highest BCUT2D eigenvalue weighted by molar-refractivity contribution is 7.99. The number of ether oxygens (including phenoxy) is 1. The lowest BCUT2D eigenvalue weighted by atomic mass is 10.2. The van der Waals surface area contributed by atoms with Gasteiger partial charge in [-0.15, -0.1) is 10.2 Å². The van der Waals surface area contributed by atoms with E-state index in [2.05, 4.69) is 21.2 Å². The van der Waals surface area contributed by atoms with Crippen LogP contribution in [0.4, 0.5) is 5.95 Å². The molecule has 0 saturated carbocycles. The summed E-state index contributed by atoms with van der Waals surface area (Å²) in [6.07, 6.45) is 3.30. The molecule has 0 bridgehead atoms. The van der Waals surface area contributed by atoms with Gasteiger partial charge in [-0.2, -0.15) is 5.26 Å². The molecule has 30 heavy (non-hydrogen) atoms. The first-order chi connectivity index (χ1) is 14.7. The third-order valence-electron chi connectivity index (χ3n) is 4.81. The van der Waals surface area contributed by atoms with Crippen molar-refractivity contribution in [1.82, 2.24) is 14.8 Å². The SMILES string of the molecule is N#Cc1ccc(OCC(O)CSc2nnc(N3CCCC3)n2Cc2ccco2)cc1. The summed E-state index contributed by atoms with van der Waals surface area (Å²) in [5, 5.41) is 28.7. The number of aliphatic hydroxyl groups excluding tert-OH is 1. The van der Waals surface area contributed by atoms with Crippen molar-refractivity contribution in [1.29, 1.82) is 5.26 Å². The fourth-order valence-electron chi connectivity index (χ4n) is 3.27. The monoisotopic (exact) mass is 425 g/mol. The highest BCUT2D eigenvalue weighted by Gasteiger charge is 2.22. The van der Waals surface area contributed by atoms with Crippen LogP contribution in [0.1, 0.15) is 24.2 Å². The number of rotatable bonds is 9. The molecule has 3 heterocycles. The summed E-state index contributed by atoms with van der Waals surface area (Å²) in [6, 6.07) is 12.7. The molecule has 1 aromatic carbocycles. The zero-order valence-corrected chi connectivity index (χ0v) is 17.3. The maximum Gasteiger partial charge on any atom is 0.228 e. The van der Waals surface area contributed by atoms with Crippen LogP contribution in [0, 0.1) is 11.3 Å². The van der Waals surface area contributed by atoms with Crippen molar-refractivity contribution in [3.05, 3.63) is 54.0 Å². The van der Waals surface area contributed by atoms with Gasteiger partial charge in [0.15, 0.2) is 5.16 Å². The van der Waals surface area contributed by atoms with Crippen molar-refractivity contribution < 1.29 is 14.3 Å². The Morgan fingerprint density at radius 1 is 1.20 bits per heavy atom. The third kappa shape index (κ3) is 4.96. The van der Waals surface area contributed by atoms with E-state index in [1.165, 1.54) is 11.8 Å². The lowest BCUT2D eigenvalue weighted by Gasteiger charge is -2.18. The minimum Gasteiger partial charge on any atom is -0.491 e. The van der Waals surface area contributed by atoms with E-state index < -0.39 is 6.10 Å². The lowest BCUT2D eigenvalue weighted by Crippen LogP contribution is -2.23. The van der Waals surface area contributed by atoms with Gasteiger partial charge in [-0.05, 0) is 49.2 Å². The average Bonchev–Trinajstić information content (AvgIpc) is 3.54. The summed E-state index contributed by atoms with van der Waals surface area (Å²) < 4.78 is 13.2. The predicted octanol–water partition coefficient (Wildman–Crippen LogP) is 2.92. The number of nitriles is 1. The van der Waals surface area contributed by atoms with Gasteiger partial charge in [0, 0.05) is 18.8 Å². The van der Waals surface area contributed by atoms with Crippen LogP contribution in [0.5, 0.6) is 5.75 Å². The van der Waals surface area contributed by atoms with Crippen LogP contribution in [-0.4, -0.2) is 51.4 Å². The van der Waals surface area contributed by atoms with Gasteiger partial charge in [-0.25, -0.2) is 0 Å². The molecule has 1 aliphatic heterocycles. The summed E-state index contributed by atoms with van der Waals surface area (Å²) in [5.74, 6) is 2.72. The molecule has 1 saturated heterocycles. The fraction of sp³-hybridized carbons (Fsp3) is 0.381. The van der Waals surface area contributed by atoms with Crippen LogP contribution < -0.4 is 9.64 Å². The average molecular weight is 426 g/mol. The van der Waals surface area contributed by atoms with E-state index in [0.29, 0.717) is 23.6 Å². The highest BCUT2D eigenvalue weighted by Crippen LogP contribution is 2.26. The summed E-state index contributed by atoms with van der Waals surface area (Å²) in [4.78, 5) is 2.24. The van der Waals surface area contributed by atoms with E-state index in [0.717, 1.165) is 42.8 Å². The molecule has 9 heteroatoms. The molecule has 0 spiro atoms. The quantitative estimate of drug-likeness (QED) is 0.522. The maximum absolute atomic E-state index is 10.4. The number of anilines is 1. The zero-order chi connectivity index (χ0) is 20.8. The van der Waals surface area contributed by atoms with E-state index in [-0.39, 0.29) is 6.61 Å². The summed E-state index contributed by atoms with van der Waals surface area (Å²) in [5.41, 5.74) is 0.572. The third-order valence-corrected chi connectivity index (χ3v) is 5.92. The highest BCUT2D eigenvalue weighted by atomic mass is 32.2. The first kappa shape index (κ1) is 20.3. The lowest BCUT2D eigenvalue weighted by molar-refractivity contribution is 0.126. The smallest absolute Gasteiger partial charge is 0.228 e. The number of hydrogen-bond donors (Lipinski definition) is 1. The van der Waals surface area contributed by atoms with E-state index in [9.17, 15) is 5.11 Å². The zero-order valence-electron chi connectivity index (χ0n) is 16.5. The standard InChI is InChI=1S/C21H23N5O3S/c22-12-16-5-7-18(8-6-16)29-14-17(27)15-30-21-24-23-20(25-9-1-2-10-25)26(21)13-19-4-3-11-28-19/h3-8,11,17,27H,1-2,9-10,13-15H2. The van der Waals surface area contributed by atoms with Gasteiger partial charge < -0.3 is 19.2 Å². The second kappa shape index (κ2) is 9.69. The topological polar surface area (TPSA) is 100 Å². The first-order valence-corrected chi connectivity index (χ1v) is 10.9. The Bertz CT molecular complexity index is 975. The molecule has 1 unspecified atom stereocenters. The second-order valence-electron chi connectivity index (χ2n) is 7.05. The van der Waals surface area contributed by atoms with Crippen LogP contribution in [0.2, 0.25) is 0 Å². The molecule has 4 rings (SSSR count). The van der Waals surface area contributed by atoms with Crippen LogP contribution in [0.3, 0.4) is 0 Å². The number of aliphatic hydroxyl groups is 1. The second-order valence-corrected chi connectivity index (χ2v) is 8.04. The number of thioether (sulfide) groups is 1. The molecule has 1 fully saturated rings. The molecule has 1 N–H and O–H groups in total. The van der Waals surface area contributed by atoms with Gasteiger partial charge >= 0.3 is 0 Å². The summed E-state index contributed by atoms with van der Waals surface area (Å²) in [7, 11) is 0. The van der Waals surface area contributed by atoms with Gasteiger partial charge in [-0.3, -0.25) is 4.57 Å². The Labute approximate surface area is 179 Å². The number of aromatic nitrogens is 3. The number of nitrogens with zero attached hydrogens (tertiary/aromatic N) is 5. The summed E-state index contributed by atoms with van der Waals surface area (Å²) >= 11 is 1.45. The van der Waals surface area contributed by atoms with Crippen molar-refractivity contribution in [2.24, 2.45) is 0 Å². The van der Waals surface area contributed by atoms with E-state index in [4.69, 9.17) is 14.4 Å². The Kier molecular flexibility index (Phi) is 6.57. The Hall–Kier alpha value is -2.96. The fourth-order valence-corrected chi connectivity index (χ4v) is 4.11. The molecule has 0 radical (unpaired) electrons. The number of furan rings is 1. The van der Waals surface area contributed by atoms with Gasteiger partial charge in [0.1, 0.15) is 18.1 Å². The Balaban J connectivity index is 1.37. The molecular formula is C21H23N5O3S. The Morgan fingerprint density at radius 2 is 2.00 bits per heavy atom. The molecule has 156 valence electrons. The first-order valence-electron chi connectivity index (χ1n) is 9.87. The predicted molar refractivity (Wildman–Crippen MR) is 113 cm³/mol. The molecule has 8 nitrogen and oxygen atoms in total. The van der Waals surface area contributed by atoms with Gasteiger partial charge in [-0.1, -0.05) is 11.8 Å². The summed E-state index contributed by atoms with van der Waals surface area (Å²) in [6.45, 7) is 2.65. The van der Waals surface area contributed by atoms with Crippen LogP contribution in [-0.2, 0) is 6.54 Å². The van der Waals surface area contributed by atoms with Crippen molar-refractivity contribution in [2.75, 3.05) is 30.3 Å². The van der Waals surface area contributed by atoms with Crippen molar-refractivity contribution in [3.8, 4) is 11.8 Å². The minimum absolute atomic E-state index is 0.157. The van der Waals surface area contributed by atoms with Gasteiger partial charge in [0.2, 0.25) is 5.95 Å². The Morgan fingerprint density at radius 3 is 2.70 bits per heavy atom. The van der Waals surface area contributed by atoms with Gasteiger partial charge in [0.25, 0.3) is 0 Å². The minimum atomic E-state index is -0.672. The van der Waals surface area contributed by atoms with Gasteiger partial charge in [0.05, 0.1) is 30.5 Å². The van der Waals surface area contributed by atoms with Crippen LogP contribution in [0.25, 0.3) is 0 Å². The van der Waals surface area contributed by atoms with E-state index >= 15 is 0 Å². The maximum atomic E-state index is 10.4. The molecule has 2 aromatic heterocycles. The molecule has 1 atom stereocenters. The molecule has 0 amide bonds. The van der Waals surface area contributed by atoms with Crippen molar-refractivity contribution in [2.45, 2.75) is 30.6 Å². The number of hydrogen-bond acceptors (Lipinski definition) is 8. The van der Waals surface area contributed by atoms with Crippen molar-refractivity contribution >= 4 is 17.7 Å². The number of benzene rings is 1.